The highest BCUT2D eigenvalue weighted by molar-refractivity contribution is 5.85. The zero-order chi connectivity index (χ0) is 10.0. The van der Waals surface area contributed by atoms with Gasteiger partial charge < -0.3 is 14.4 Å². The molecular formula is C9H14ClNO3. The van der Waals surface area contributed by atoms with Crippen LogP contribution >= 0.6 is 12.4 Å². The van der Waals surface area contributed by atoms with Gasteiger partial charge in [0.1, 0.15) is 5.76 Å². The van der Waals surface area contributed by atoms with E-state index in [1.165, 1.54) is 6.07 Å². The van der Waals surface area contributed by atoms with Crippen LogP contribution in [0.1, 0.15) is 11.5 Å². The summed E-state index contributed by atoms with van der Waals surface area (Å²) in [5.41, 5.74) is -0.388. The first-order valence-corrected chi connectivity index (χ1v) is 3.98. The second-order valence-corrected chi connectivity index (χ2v) is 3.23. The van der Waals surface area contributed by atoms with Crippen LogP contribution in [-0.4, -0.2) is 24.1 Å². The molecule has 80 valence electrons. The first-order valence-electron chi connectivity index (χ1n) is 3.98. The Hall–Kier alpha value is -1.00. The van der Waals surface area contributed by atoms with E-state index in [1.54, 1.807) is 6.92 Å². The number of aromatic hydroxyl groups is 1. The summed E-state index contributed by atoms with van der Waals surface area (Å²) in [6.07, 6.45) is 0. The molecule has 0 saturated carbocycles. The summed E-state index contributed by atoms with van der Waals surface area (Å²) in [7, 11) is 3.67. The fourth-order valence-corrected chi connectivity index (χ4v) is 1.06. The number of halogens is 1. The van der Waals surface area contributed by atoms with Crippen molar-refractivity contribution in [1.82, 2.24) is 4.90 Å². The summed E-state index contributed by atoms with van der Waals surface area (Å²) in [5.74, 6) is 0.536. The van der Waals surface area contributed by atoms with Crippen LogP contribution in [0.3, 0.4) is 0 Å². The van der Waals surface area contributed by atoms with Crippen molar-refractivity contribution >= 4 is 12.4 Å². The number of hydrogen-bond donors (Lipinski definition) is 1. The van der Waals surface area contributed by atoms with E-state index in [2.05, 4.69) is 0 Å². The van der Waals surface area contributed by atoms with Gasteiger partial charge in [-0.25, -0.2) is 0 Å². The molecule has 4 nitrogen and oxygen atoms in total. The maximum atomic E-state index is 11.1. The van der Waals surface area contributed by atoms with Gasteiger partial charge in [-0.1, -0.05) is 0 Å². The third-order valence-corrected chi connectivity index (χ3v) is 1.58. The van der Waals surface area contributed by atoms with Gasteiger partial charge in [0, 0.05) is 6.07 Å². The lowest BCUT2D eigenvalue weighted by Crippen LogP contribution is -2.13. The van der Waals surface area contributed by atoms with Crippen LogP contribution in [0.2, 0.25) is 0 Å². The lowest BCUT2D eigenvalue weighted by atomic mass is 10.3. The van der Waals surface area contributed by atoms with E-state index in [0.717, 1.165) is 0 Å². The molecule has 0 saturated heterocycles. The highest BCUT2D eigenvalue weighted by Gasteiger charge is 2.09. The number of aryl methyl sites for hydroxylation is 1. The molecule has 0 atom stereocenters. The van der Waals surface area contributed by atoms with Gasteiger partial charge in [0.25, 0.3) is 0 Å². The van der Waals surface area contributed by atoms with E-state index in [9.17, 15) is 9.90 Å². The molecule has 0 unspecified atom stereocenters. The van der Waals surface area contributed by atoms with Crippen molar-refractivity contribution in [2.45, 2.75) is 13.5 Å². The maximum absolute atomic E-state index is 11.1. The molecule has 1 aromatic heterocycles. The van der Waals surface area contributed by atoms with Crippen LogP contribution in [0, 0.1) is 6.92 Å². The summed E-state index contributed by atoms with van der Waals surface area (Å²) in [5, 5.41) is 9.34. The monoisotopic (exact) mass is 219 g/mol. The van der Waals surface area contributed by atoms with Gasteiger partial charge in [0.15, 0.2) is 5.76 Å². The average molecular weight is 220 g/mol. The molecule has 0 fully saturated rings. The summed E-state index contributed by atoms with van der Waals surface area (Å²) >= 11 is 0. The smallest absolute Gasteiger partial charge is 0.227 e. The van der Waals surface area contributed by atoms with Crippen LogP contribution < -0.4 is 5.43 Å². The van der Waals surface area contributed by atoms with Crippen molar-refractivity contribution < 1.29 is 9.52 Å². The summed E-state index contributed by atoms with van der Waals surface area (Å²) in [4.78, 5) is 12.9. The van der Waals surface area contributed by atoms with Gasteiger partial charge in [0.2, 0.25) is 11.2 Å². The topological polar surface area (TPSA) is 53.7 Å². The van der Waals surface area contributed by atoms with E-state index in [4.69, 9.17) is 4.42 Å². The molecule has 0 aliphatic carbocycles. The van der Waals surface area contributed by atoms with Gasteiger partial charge in [-0.2, -0.15) is 0 Å². The third-order valence-electron chi connectivity index (χ3n) is 1.58. The fraction of sp³-hybridized carbons (Fsp3) is 0.444. The number of nitrogens with zero attached hydrogens (tertiary/aromatic N) is 1. The molecule has 1 rings (SSSR count). The van der Waals surface area contributed by atoms with E-state index < -0.39 is 0 Å². The minimum absolute atomic E-state index is 0. The molecule has 0 aliphatic rings. The Balaban J connectivity index is 0.00000169. The van der Waals surface area contributed by atoms with Gasteiger partial charge in [-0.3, -0.25) is 4.79 Å². The first-order chi connectivity index (χ1) is 6.00. The summed E-state index contributed by atoms with van der Waals surface area (Å²) in [6, 6.07) is 1.27. The zero-order valence-corrected chi connectivity index (χ0v) is 9.22. The number of hydrogen-bond acceptors (Lipinski definition) is 4. The van der Waals surface area contributed by atoms with E-state index in [1.807, 2.05) is 19.0 Å². The van der Waals surface area contributed by atoms with Crippen molar-refractivity contribution in [3.63, 3.8) is 0 Å². The highest BCUT2D eigenvalue weighted by atomic mass is 35.5. The quantitative estimate of drug-likeness (QED) is 0.811. The van der Waals surface area contributed by atoms with E-state index >= 15 is 0 Å². The lowest BCUT2D eigenvalue weighted by molar-refractivity contribution is 0.312. The fourth-order valence-electron chi connectivity index (χ4n) is 1.06. The summed E-state index contributed by atoms with van der Waals surface area (Å²) < 4.78 is 5.21. The number of rotatable bonds is 2. The van der Waals surface area contributed by atoms with Crippen LogP contribution in [0.25, 0.3) is 0 Å². The van der Waals surface area contributed by atoms with Crippen molar-refractivity contribution in [2.75, 3.05) is 14.1 Å². The SMILES string of the molecule is Cc1cc(=O)c(O)c(CN(C)C)o1.Cl. The first kappa shape index (κ1) is 13.0. The molecule has 0 aromatic carbocycles. The van der Waals surface area contributed by atoms with Gasteiger partial charge in [-0.05, 0) is 21.0 Å². The second-order valence-electron chi connectivity index (χ2n) is 3.23. The Morgan fingerprint density at radius 2 is 2.07 bits per heavy atom. The maximum Gasteiger partial charge on any atom is 0.227 e. The summed E-state index contributed by atoms with van der Waals surface area (Å²) in [6.45, 7) is 2.10. The Morgan fingerprint density at radius 3 is 2.57 bits per heavy atom. The average Bonchev–Trinajstić information content (AvgIpc) is 1.98. The van der Waals surface area contributed by atoms with Crippen LogP contribution in [-0.2, 0) is 6.54 Å². The van der Waals surface area contributed by atoms with Crippen molar-refractivity contribution in [1.29, 1.82) is 0 Å². The standard InChI is InChI=1S/C9H13NO3.ClH/c1-6-4-7(11)9(12)8(13-6)5-10(2)3;/h4,12H,5H2,1-3H3;1H. The van der Waals surface area contributed by atoms with E-state index in [0.29, 0.717) is 18.1 Å². The Labute approximate surface area is 88.6 Å². The molecule has 0 amide bonds. The molecule has 5 heteroatoms. The van der Waals surface area contributed by atoms with Gasteiger partial charge in [0.05, 0.1) is 6.54 Å². The third kappa shape index (κ3) is 3.05. The lowest BCUT2D eigenvalue weighted by Gasteiger charge is -2.09. The van der Waals surface area contributed by atoms with Gasteiger partial charge >= 0.3 is 0 Å². The van der Waals surface area contributed by atoms with Crippen molar-refractivity contribution in [2.24, 2.45) is 0 Å². The van der Waals surface area contributed by atoms with Crippen LogP contribution in [0.4, 0.5) is 0 Å². The molecule has 0 bridgehead atoms. The Morgan fingerprint density at radius 1 is 1.50 bits per heavy atom. The van der Waals surface area contributed by atoms with E-state index in [-0.39, 0.29) is 23.6 Å². The molecule has 1 N–H and O–H groups in total. The molecule has 0 radical (unpaired) electrons. The minimum atomic E-state index is -0.388. The zero-order valence-electron chi connectivity index (χ0n) is 8.40. The van der Waals surface area contributed by atoms with Crippen molar-refractivity contribution in [3.05, 3.63) is 27.8 Å². The van der Waals surface area contributed by atoms with Gasteiger partial charge in [-0.15, -0.1) is 12.4 Å². The Kier molecular flexibility index (Phi) is 4.67. The molecule has 0 spiro atoms. The molecule has 1 aromatic rings. The van der Waals surface area contributed by atoms with Crippen LogP contribution in [0.15, 0.2) is 15.3 Å². The normalized spacial score (nSPS) is 10.0. The predicted octanol–water partition coefficient (Wildman–Crippen LogP) is 1.14. The predicted molar refractivity (Wildman–Crippen MR) is 56.0 cm³/mol. The molecule has 0 aliphatic heterocycles. The van der Waals surface area contributed by atoms with Crippen molar-refractivity contribution in [3.8, 4) is 5.75 Å². The molecular weight excluding hydrogens is 206 g/mol. The highest BCUT2D eigenvalue weighted by Crippen LogP contribution is 2.14. The molecule has 1 heterocycles. The second kappa shape index (κ2) is 5.02. The Bertz CT molecular complexity index is 360. The van der Waals surface area contributed by atoms with Crippen LogP contribution in [0.5, 0.6) is 5.75 Å². The molecule has 14 heavy (non-hydrogen) atoms. The minimum Gasteiger partial charge on any atom is -0.502 e. The largest absolute Gasteiger partial charge is 0.502 e.